The van der Waals surface area contributed by atoms with Gasteiger partial charge in [-0.1, -0.05) is 54.1 Å². The van der Waals surface area contributed by atoms with E-state index in [4.69, 9.17) is 16.3 Å². The van der Waals surface area contributed by atoms with E-state index in [-0.39, 0.29) is 0 Å². The van der Waals surface area contributed by atoms with Crippen molar-refractivity contribution in [2.75, 3.05) is 5.32 Å². The summed E-state index contributed by atoms with van der Waals surface area (Å²) in [6, 6.07) is 21.9. The van der Waals surface area contributed by atoms with Crippen LogP contribution < -0.4 is 15.5 Å². The number of rotatable bonds is 8. The molecule has 0 aromatic heterocycles. The summed E-state index contributed by atoms with van der Waals surface area (Å²) >= 11 is 9.53. The van der Waals surface area contributed by atoms with Gasteiger partial charge in [0.1, 0.15) is 18.3 Å². The van der Waals surface area contributed by atoms with Gasteiger partial charge >= 0.3 is 0 Å². The fourth-order valence-electron chi connectivity index (χ4n) is 2.67. The van der Waals surface area contributed by atoms with Gasteiger partial charge in [0.05, 0.1) is 11.9 Å². The fourth-order valence-corrected chi connectivity index (χ4v) is 3.25. The number of carbonyl (C=O) groups excluding carboxylic acids is 2. The molecule has 0 saturated heterocycles. The van der Waals surface area contributed by atoms with Crippen molar-refractivity contribution in [1.82, 2.24) is 5.43 Å². The maximum Gasteiger partial charge on any atom is 0.252 e. The Morgan fingerprint density at radius 3 is 2.50 bits per heavy atom. The highest BCUT2D eigenvalue weighted by Crippen LogP contribution is 2.22. The Hall–Kier alpha value is -3.16. The van der Waals surface area contributed by atoms with Gasteiger partial charge in [0, 0.05) is 20.6 Å². The predicted molar refractivity (Wildman–Crippen MR) is 130 cm³/mol. The zero-order valence-corrected chi connectivity index (χ0v) is 19.6. The van der Waals surface area contributed by atoms with Gasteiger partial charge in [-0.2, -0.15) is 5.10 Å². The smallest absolute Gasteiger partial charge is 0.252 e. The first kappa shape index (κ1) is 23.5. The predicted octanol–water partition coefficient (Wildman–Crippen LogP) is 5.41. The highest BCUT2D eigenvalue weighted by molar-refractivity contribution is 9.10. The summed E-state index contributed by atoms with van der Waals surface area (Å²) < 4.78 is 6.60. The highest BCUT2D eigenvalue weighted by atomic mass is 79.9. The van der Waals surface area contributed by atoms with E-state index in [9.17, 15) is 9.59 Å². The molecule has 3 aromatic rings. The van der Waals surface area contributed by atoms with Crippen LogP contribution in [0.25, 0.3) is 0 Å². The summed E-state index contributed by atoms with van der Waals surface area (Å²) in [6.45, 7) is 1.81. The van der Waals surface area contributed by atoms with Crippen molar-refractivity contribution in [1.29, 1.82) is 0 Å². The van der Waals surface area contributed by atoms with Gasteiger partial charge in [-0.15, -0.1) is 0 Å². The molecule has 164 valence electrons. The molecule has 32 heavy (non-hydrogen) atoms. The van der Waals surface area contributed by atoms with Gasteiger partial charge in [0.2, 0.25) is 5.91 Å². The minimum Gasteiger partial charge on any atom is -0.488 e. The standard InChI is InChI=1S/C24H21BrClN3O3/c1-16(23(30)28-21-12-6-4-10-19(21)25)24(31)29-27-14-17-8-3-7-13-22(17)32-15-18-9-2-5-11-20(18)26/h2-14,16H,15H2,1H3,(H,28,30)(H,29,31). The van der Waals surface area contributed by atoms with Crippen LogP contribution in [0, 0.1) is 5.92 Å². The average molecular weight is 515 g/mol. The number of hydrogen-bond donors (Lipinski definition) is 2. The van der Waals surface area contributed by atoms with Gasteiger partial charge in [-0.3, -0.25) is 9.59 Å². The first-order chi connectivity index (χ1) is 15.5. The number of halogens is 2. The van der Waals surface area contributed by atoms with Crippen LogP contribution in [0.15, 0.2) is 82.4 Å². The maximum absolute atomic E-state index is 12.4. The molecular weight excluding hydrogens is 494 g/mol. The lowest BCUT2D eigenvalue weighted by Crippen LogP contribution is -2.34. The molecule has 2 amide bonds. The number of anilines is 1. The third kappa shape index (κ3) is 6.42. The van der Waals surface area contributed by atoms with E-state index in [1.165, 1.54) is 13.1 Å². The van der Waals surface area contributed by atoms with Crippen molar-refractivity contribution in [3.8, 4) is 5.75 Å². The Kier molecular flexibility index (Phi) is 8.41. The molecule has 1 unspecified atom stereocenters. The minimum absolute atomic E-state index is 0.295. The molecule has 2 N–H and O–H groups in total. The molecule has 1 atom stereocenters. The van der Waals surface area contributed by atoms with Crippen molar-refractivity contribution in [3.63, 3.8) is 0 Å². The third-order valence-electron chi connectivity index (χ3n) is 4.56. The first-order valence-corrected chi connectivity index (χ1v) is 11.0. The number of nitrogens with one attached hydrogen (secondary N) is 2. The molecule has 0 bridgehead atoms. The zero-order valence-electron chi connectivity index (χ0n) is 17.2. The van der Waals surface area contributed by atoms with Crippen molar-refractivity contribution in [3.05, 3.63) is 93.4 Å². The second-order valence-corrected chi connectivity index (χ2v) is 8.10. The molecule has 0 spiro atoms. The second kappa shape index (κ2) is 11.5. The zero-order chi connectivity index (χ0) is 22.9. The van der Waals surface area contributed by atoms with E-state index in [2.05, 4.69) is 31.8 Å². The van der Waals surface area contributed by atoms with Crippen LogP contribution in [-0.2, 0) is 16.2 Å². The Morgan fingerprint density at radius 2 is 1.72 bits per heavy atom. The molecule has 3 aromatic carbocycles. The van der Waals surface area contributed by atoms with Gasteiger partial charge < -0.3 is 10.1 Å². The number of nitrogens with zero attached hydrogens (tertiary/aromatic N) is 1. The van der Waals surface area contributed by atoms with E-state index in [0.717, 1.165) is 10.0 Å². The fraction of sp³-hybridized carbons (Fsp3) is 0.125. The monoisotopic (exact) mass is 513 g/mol. The van der Waals surface area contributed by atoms with E-state index >= 15 is 0 Å². The maximum atomic E-state index is 12.4. The summed E-state index contributed by atoms with van der Waals surface area (Å²) in [5.41, 5.74) is 4.52. The van der Waals surface area contributed by atoms with Crippen molar-refractivity contribution in [2.45, 2.75) is 13.5 Å². The number of ether oxygens (including phenoxy) is 1. The molecule has 0 aliphatic rings. The molecule has 6 nitrogen and oxygen atoms in total. The molecule has 0 radical (unpaired) electrons. The van der Waals surface area contributed by atoms with Crippen molar-refractivity contribution in [2.24, 2.45) is 11.0 Å². The summed E-state index contributed by atoms with van der Waals surface area (Å²) in [5.74, 6) is -1.32. The molecule has 0 saturated carbocycles. The molecular formula is C24H21BrClN3O3. The second-order valence-electron chi connectivity index (χ2n) is 6.84. The van der Waals surface area contributed by atoms with Crippen molar-refractivity contribution >= 4 is 51.2 Å². The SMILES string of the molecule is CC(C(=O)NN=Cc1ccccc1OCc1ccccc1Cl)C(=O)Nc1ccccc1Br. The van der Waals surface area contributed by atoms with Crippen LogP contribution in [-0.4, -0.2) is 18.0 Å². The normalized spacial score (nSPS) is 11.7. The van der Waals surface area contributed by atoms with Crippen LogP contribution in [0.1, 0.15) is 18.1 Å². The molecule has 0 aliphatic heterocycles. The molecule has 0 heterocycles. The lowest BCUT2D eigenvalue weighted by Gasteiger charge is -2.12. The Morgan fingerprint density at radius 1 is 1.03 bits per heavy atom. The summed E-state index contributed by atoms with van der Waals surface area (Å²) in [7, 11) is 0. The topological polar surface area (TPSA) is 79.8 Å². The largest absolute Gasteiger partial charge is 0.488 e. The number of hydrazone groups is 1. The van der Waals surface area contributed by atoms with Crippen LogP contribution in [0.5, 0.6) is 5.75 Å². The molecule has 0 aliphatic carbocycles. The van der Waals surface area contributed by atoms with Crippen LogP contribution in [0.3, 0.4) is 0 Å². The first-order valence-electron chi connectivity index (χ1n) is 9.79. The van der Waals surface area contributed by atoms with Gasteiger partial charge in [-0.25, -0.2) is 5.43 Å². The van der Waals surface area contributed by atoms with Crippen molar-refractivity contribution < 1.29 is 14.3 Å². The lowest BCUT2D eigenvalue weighted by molar-refractivity contribution is -0.131. The number of para-hydroxylation sites is 2. The summed E-state index contributed by atoms with van der Waals surface area (Å²) in [4.78, 5) is 24.7. The van der Waals surface area contributed by atoms with E-state index in [0.29, 0.717) is 28.6 Å². The van der Waals surface area contributed by atoms with Crippen LogP contribution in [0.2, 0.25) is 5.02 Å². The number of carbonyl (C=O) groups is 2. The minimum atomic E-state index is -0.939. The average Bonchev–Trinajstić information content (AvgIpc) is 2.80. The van der Waals surface area contributed by atoms with E-state index in [1.807, 2.05) is 36.4 Å². The van der Waals surface area contributed by atoms with Crippen LogP contribution >= 0.6 is 27.5 Å². The summed E-state index contributed by atoms with van der Waals surface area (Å²) in [5, 5.41) is 7.32. The summed E-state index contributed by atoms with van der Waals surface area (Å²) in [6.07, 6.45) is 1.47. The number of benzene rings is 3. The Bertz CT molecular complexity index is 1140. The van der Waals surface area contributed by atoms with Gasteiger partial charge in [-0.05, 0) is 53.2 Å². The van der Waals surface area contributed by atoms with E-state index in [1.54, 1.807) is 36.4 Å². The van der Waals surface area contributed by atoms with Gasteiger partial charge in [0.25, 0.3) is 5.91 Å². The Balaban J connectivity index is 1.58. The van der Waals surface area contributed by atoms with E-state index < -0.39 is 17.7 Å². The molecule has 3 rings (SSSR count). The molecule has 8 heteroatoms. The Labute approximate surface area is 199 Å². The quantitative estimate of drug-likeness (QED) is 0.240. The highest BCUT2D eigenvalue weighted by Gasteiger charge is 2.21. The number of hydrogen-bond acceptors (Lipinski definition) is 4. The third-order valence-corrected chi connectivity index (χ3v) is 5.62. The van der Waals surface area contributed by atoms with Crippen LogP contribution in [0.4, 0.5) is 5.69 Å². The van der Waals surface area contributed by atoms with Gasteiger partial charge in [0.15, 0.2) is 0 Å². The lowest BCUT2D eigenvalue weighted by atomic mass is 10.1. The number of amides is 2. The molecule has 0 fully saturated rings.